The number of likely N-dealkylation sites (tertiary alicyclic amines) is 1. The van der Waals surface area contributed by atoms with Crippen molar-refractivity contribution >= 4 is 41.6 Å². The first kappa shape index (κ1) is 46.7. The van der Waals surface area contributed by atoms with E-state index in [9.17, 15) is 33.6 Å². The second-order valence-corrected chi connectivity index (χ2v) is 16.4. The highest BCUT2D eigenvalue weighted by Crippen LogP contribution is 2.44. The van der Waals surface area contributed by atoms with E-state index in [1.54, 1.807) is 45.9 Å². The maximum Gasteiger partial charge on any atom is 0.407 e. The van der Waals surface area contributed by atoms with Gasteiger partial charge in [0, 0.05) is 12.5 Å². The van der Waals surface area contributed by atoms with E-state index in [0.29, 0.717) is 6.42 Å². The van der Waals surface area contributed by atoms with Crippen molar-refractivity contribution < 1.29 is 47.4 Å². The number of hydrogen-bond acceptors (Lipinski definition) is 9. The summed E-state index contributed by atoms with van der Waals surface area (Å²) >= 11 is 0. The van der Waals surface area contributed by atoms with Crippen LogP contribution in [0.2, 0.25) is 0 Å². The molecule has 2 aliphatic rings. The number of ether oxygens (including phenoxy) is 2. The average molecular weight is 857 g/mol. The van der Waals surface area contributed by atoms with Crippen molar-refractivity contribution in [2.24, 2.45) is 11.8 Å². The molecule has 1 unspecified atom stereocenters. The van der Waals surface area contributed by atoms with Crippen LogP contribution in [0.1, 0.15) is 83.2 Å². The topological polar surface area (TPSA) is 201 Å². The molecule has 1 heterocycles. The summed E-state index contributed by atoms with van der Waals surface area (Å²) in [5.41, 5.74) is 4.25. The van der Waals surface area contributed by atoms with Gasteiger partial charge in [-0.2, -0.15) is 0 Å². The summed E-state index contributed by atoms with van der Waals surface area (Å²) in [7, 11) is 1.21. The Balaban J connectivity index is 1.22. The van der Waals surface area contributed by atoms with Crippen LogP contribution in [0.15, 0.2) is 78.9 Å². The van der Waals surface area contributed by atoms with Gasteiger partial charge in [-0.25, -0.2) is 14.0 Å². The number of benzene rings is 3. The Morgan fingerprint density at radius 1 is 0.661 bits per heavy atom. The van der Waals surface area contributed by atoms with E-state index in [-0.39, 0.29) is 37.0 Å². The van der Waals surface area contributed by atoms with Gasteiger partial charge in [0.2, 0.25) is 29.5 Å². The van der Waals surface area contributed by atoms with Crippen LogP contribution < -0.4 is 26.6 Å². The minimum Gasteiger partial charge on any atom is -0.467 e. The van der Waals surface area contributed by atoms with E-state index < -0.39 is 89.9 Å². The number of nitrogens with zero attached hydrogens (tertiary/aromatic N) is 1. The van der Waals surface area contributed by atoms with Gasteiger partial charge in [-0.05, 0) is 66.3 Å². The predicted octanol–water partition coefficient (Wildman–Crippen LogP) is 4.06. The summed E-state index contributed by atoms with van der Waals surface area (Å²) < 4.78 is 26.8. The molecular formula is C46H57FN6O9. The van der Waals surface area contributed by atoms with Gasteiger partial charge in [0.15, 0.2) is 6.17 Å². The lowest BCUT2D eigenvalue weighted by atomic mass is 9.98. The van der Waals surface area contributed by atoms with Gasteiger partial charge in [0.05, 0.1) is 7.11 Å². The molecule has 0 spiro atoms. The van der Waals surface area contributed by atoms with Crippen molar-refractivity contribution in [3.8, 4) is 11.1 Å². The number of nitrogens with one attached hydrogen (secondary N) is 5. The molecule has 0 radical (unpaired) electrons. The number of rotatable bonds is 17. The molecule has 1 fully saturated rings. The normalized spacial score (nSPS) is 17.3. The van der Waals surface area contributed by atoms with Crippen molar-refractivity contribution in [2.75, 3.05) is 20.3 Å². The third-order valence-electron chi connectivity index (χ3n) is 11.3. The molecule has 1 saturated heterocycles. The fraction of sp³-hybridized carbons (Fsp3) is 0.457. The molecule has 6 amide bonds. The molecular weight excluding hydrogens is 800 g/mol. The molecule has 15 nitrogen and oxygen atoms in total. The first-order valence-corrected chi connectivity index (χ1v) is 20.9. The maximum atomic E-state index is 16.4. The fourth-order valence-corrected chi connectivity index (χ4v) is 7.79. The second-order valence-electron chi connectivity index (χ2n) is 16.4. The zero-order valence-corrected chi connectivity index (χ0v) is 36.1. The van der Waals surface area contributed by atoms with E-state index in [4.69, 9.17) is 9.47 Å². The van der Waals surface area contributed by atoms with E-state index in [2.05, 4.69) is 26.6 Å². The standard InChI is InChI=1S/C46H57FN6O9/c1-25(2)37(43(57)51-38(26(3)4)45(59)61-7)50-42(56)35-22-15-23-53(35)44(58)39(36(47)29-16-9-8-10-17-29)52-41(55)27(5)48-40(54)28(6)49-46(60)62-24-34-32-20-13-11-18-30(32)31-19-12-14-21-33(31)34/h8-14,16-21,25-28,34-39H,15,22-24H2,1-7H3,(H,48,54)(H,49,60)(H,50,56)(H,51,57)(H,52,55)/t27-,28-,35-,36?,37-,38-,39+/m0/s1. The van der Waals surface area contributed by atoms with Crippen LogP contribution in [0, 0.1) is 11.8 Å². The lowest BCUT2D eigenvalue weighted by Crippen LogP contribution is -2.60. The molecule has 3 aromatic carbocycles. The van der Waals surface area contributed by atoms with Gasteiger partial charge in [0.25, 0.3) is 0 Å². The first-order chi connectivity index (χ1) is 29.5. The molecule has 7 atom stereocenters. The van der Waals surface area contributed by atoms with E-state index in [1.807, 2.05) is 48.5 Å². The maximum absolute atomic E-state index is 16.4. The second kappa shape index (κ2) is 21.0. The number of alkyl carbamates (subject to hydrolysis) is 1. The Labute approximate surface area is 361 Å². The molecule has 5 rings (SSSR count). The summed E-state index contributed by atoms with van der Waals surface area (Å²) in [4.78, 5) is 94.7. The van der Waals surface area contributed by atoms with Crippen molar-refractivity contribution in [2.45, 2.75) is 103 Å². The highest BCUT2D eigenvalue weighted by Gasteiger charge is 2.43. The molecule has 332 valence electrons. The minimum atomic E-state index is -2.06. The van der Waals surface area contributed by atoms with Crippen LogP contribution in [0.5, 0.6) is 0 Å². The zero-order valence-electron chi connectivity index (χ0n) is 36.1. The van der Waals surface area contributed by atoms with Crippen LogP contribution in [0.3, 0.4) is 0 Å². The summed E-state index contributed by atoms with van der Waals surface area (Å²) in [5, 5.41) is 12.8. The number of esters is 1. The van der Waals surface area contributed by atoms with Crippen LogP contribution in [-0.2, 0) is 38.2 Å². The molecule has 0 bridgehead atoms. The van der Waals surface area contributed by atoms with Crippen molar-refractivity contribution in [3.63, 3.8) is 0 Å². The third-order valence-corrected chi connectivity index (χ3v) is 11.3. The number of alkyl halides is 1. The number of carbonyl (C=O) groups excluding carboxylic acids is 7. The Kier molecular flexibility index (Phi) is 15.8. The summed E-state index contributed by atoms with van der Waals surface area (Å²) in [6.45, 7) is 9.73. The quantitative estimate of drug-likeness (QED) is 0.124. The SMILES string of the molecule is COC(=O)[C@@H](NC(=O)[C@@H](NC(=O)[C@@H]1CCCN1C(=O)[C@H](NC(=O)[C@H](C)NC(=O)[C@H](C)NC(=O)OCC1c2ccccc2-c2ccccc21)C(F)c1ccccc1)C(C)C)C(C)C. The van der Waals surface area contributed by atoms with Gasteiger partial charge >= 0.3 is 12.1 Å². The highest BCUT2D eigenvalue weighted by atomic mass is 19.1. The average Bonchev–Trinajstić information content (AvgIpc) is 3.88. The van der Waals surface area contributed by atoms with Gasteiger partial charge in [0.1, 0.15) is 42.9 Å². The Morgan fingerprint density at radius 3 is 1.77 bits per heavy atom. The molecule has 1 aliphatic heterocycles. The number of halogens is 1. The number of fused-ring (bicyclic) bond motifs is 3. The highest BCUT2D eigenvalue weighted by molar-refractivity contribution is 5.97. The summed E-state index contributed by atoms with van der Waals surface area (Å²) in [6, 6.07) is 16.0. The lowest BCUT2D eigenvalue weighted by Gasteiger charge is -2.32. The minimum absolute atomic E-state index is 0.0250. The van der Waals surface area contributed by atoms with E-state index >= 15 is 4.39 Å². The Morgan fingerprint density at radius 2 is 1.19 bits per heavy atom. The number of methoxy groups -OCH3 is 1. The molecule has 5 N–H and O–H groups in total. The number of amides is 6. The van der Waals surface area contributed by atoms with Crippen LogP contribution in [0.25, 0.3) is 11.1 Å². The van der Waals surface area contributed by atoms with E-state index in [1.165, 1.54) is 38.0 Å². The van der Waals surface area contributed by atoms with Gasteiger partial charge in [-0.3, -0.25) is 24.0 Å². The predicted molar refractivity (Wildman–Crippen MR) is 228 cm³/mol. The van der Waals surface area contributed by atoms with Crippen molar-refractivity contribution in [1.29, 1.82) is 0 Å². The molecule has 0 aromatic heterocycles. The monoisotopic (exact) mass is 856 g/mol. The lowest BCUT2D eigenvalue weighted by molar-refractivity contribution is -0.147. The van der Waals surface area contributed by atoms with Crippen LogP contribution >= 0.6 is 0 Å². The van der Waals surface area contributed by atoms with Crippen LogP contribution in [-0.4, -0.2) is 103 Å². The van der Waals surface area contributed by atoms with Crippen molar-refractivity contribution in [1.82, 2.24) is 31.5 Å². The third kappa shape index (κ3) is 10.9. The molecule has 16 heteroatoms. The van der Waals surface area contributed by atoms with Crippen LogP contribution in [0.4, 0.5) is 9.18 Å². The van der Waals surface area contributed by atoms with Gasteiger partial charge in [-0.15, -0.1) is 0 Å². The summed E-state index contributed by atoms with van der Waals surface area (Å²) in [6.07, 6.45) is -2.32. The number of hydrogen-bond donors (Lipinski definition) is 5. The van der Waals surface area contributed by atoms with Gasteiger partial charge < -0.3 is 41.0 Å². The largest absolute Gasteiger partial charge is 0.467 e. The molecule has 62 heavy (non-hydrogen) atoms. The zero-order chi connectivity index (χ0) is 45.2. The summed E-state index contributed by atoms with van der Waals surface area (Å²) in [5.74, 6) is -5.38. The molecule has 0 saturated carbocycles. The van der Waals surface area contributed by atoms with Gasteiger partial charge in [-0.1, -0.05) is 107 Å². The molecule has 1 aliphatic carbocycles. The fourth-order valence-electron chi connectivity index (χ4n) is 7.79. The Hall–Kier alpha value is -6.32. The van der Waals surface area contributed by atoms with E-state index in [0.717, 1.165) is 22.3 Å². The molecule has 3 aromatic rings. The number of carbonyl (C=O) groups is 7. The smallest absolute Gasteiger partial charge is 0.407 e. The van der Waals surface area contributed by atoms with Crippen molar-refractivity contribution in [3.05, 3.63) is 95.6 Å². The Bertz CT molecular complexity index is 2070. The first-order valence-electron chi connectivity index (χ1n) is 20.9.